The highest BCUT2D eigenvalue weighted by molar-refractivity contribution is 5.32. The summed E-state index contributed by atoms with van der Waals surface area (Å²) in [6.07, 6.45) is 0. The van der Waals surface area contributed by atoms with Crippen molar-refractivity contribution >= 4 is 0 Å². The minimum Gasteiger partial charge on any atom is -0.313 e. The molecule has 0 heterocycles. The van der Waals surface area contributed by atoms with Crippen LogP contribution in [0, 0.1) is 0 Å². The zero-order chi connectivity index (χ0) is 13.6. The standard InChI is InChI=1S/C16H28N2/c1-13(2)18-11-10-17-12-14-8-6-7-9-15(14)16(3,4)5/h6-9,13,17-18H,10-12H2,1-5H3. The molecule has 18 heavy (non-hydrogen) atoms. The van der Waals surface area contributed by atoms with E-state index in [0.29, 0.717) is 6.04 Å². The van der Waals surface area contributed by atoms with Crippen molar-refractivity contribution in [2.24, 2.45) is 0 Å². The average molecular weight is 248 g/mol. The predicted octanol–water partition coefficient (Wildman–Crippen LogP) is 3.07. The number of rotatable bonds is 6. The maximum absolute atomic E-state index is 3.51. The summed E-state index contributed by atoms with van der Waals surface area (Å²) >= 11 is 0. The average Bonchev–Trinajstić information content (AvgIpc) is 2.27. The molecule has 1 aromatic carbocycles. The van der Waals surface area contributed by atoms with Gasteiger partial charge in [-0.1, -0.05) is 58.9 Å². The van der Waals surface area contributed by atoms with Gasteiger partial charge in [-0.15, -0.1) is 0 Å². The van der Waals surface area contributed by atoms with Crippen LogP contribution >= 0.6 is 0 Å². The molecule has 0 bridgehead atoms. The topological polar surface area (TPSA) is 24.1 Å². The van der Waals surface area contributed by atoms with Gasteiger partial charge in [0.25, 0.3) is 0 Å². The van der Waals surface area contributed by atoms with Gasteiger partial charge in [0.2, 0.25) is 0 Å². The van der Waals surface area contributed by atoms with Crippen LogP contribution < -0.4 is 10.6 Å². The van der Waals surface area contributed by atoms with E-state index in [1.165, 1.54) is 11.1 Å². The summed E-state index contributed by atoms with van der Waals surface area (Å²) in [5.74, 6) is 0. The van der Waals surface area contributed by atoms with Gasteiger partial charge in [0.05, 0.1) is 0 Å². The molecule has 0 radical (unpaired) electrons. The fraction of sp³-hybridized carbons (Fsp3) is 0.625. The van der Waals surface area contributed by atoms with Crippen LogP contribution in [0.4, 0.5) is 0 Å². The molecule has 0 fully saturated rings. The first-order chi connectivity index (χ1) is 8.41. The summed E-state index contributed by atoms with van der Waals surface area (Å²) in [7, 11) is 0. The number of hydrogen-bond donors (Lipinski definition) is 2. The van der Waals surface area contributed by atoms with Gasteiger partial charge in [0.1, 0.15) is 0 Å². The van der Waals surface area contributed by atoms with Crippen LogP contribution in [0.5, 0.6) is 0 Å². The molecule has 2 nitrogen and oxygen atoms in total. The van der Waals surface area contributed by atoms with Gasteiger partial charge in [-0.2, -0.15) is 0 Å². The predicted molar refractivity (Wildman–Crippen MR) is 80.0 cm³/mol. The fourth-order valence-corrected chi connectivity index (χ4v) is 2.08. The summed E-state index contributed by atoms with van der Waals surface area (Å²) in [5.41, 5.74) is 3.07. The highest BCUT2D eigenvalue weighted by Gasteiger charge is 2.16. The van der Waals surface area contributed by atoms with Crippen molar-refractivity contribution < 1.29 is 0 Å². The first-order valence-corrected chi connectivity index (χ1v) is 6.93. The van der Waals surface area contributed by atoms with Crippen LogP contribution in [0.15, 0.2) is 24.3 Å². The first-order valence-electron chi connectivity index (χ1n) is 6.93. The van der Waals surface area contributed by atoms with Crippen LogP contribution in [-0.4, -0.2) is 19.1 Å². The van der Waals surface area contributed by atoms with Crippen LogP contribution in [-0.2, 0) is 12.0 Å². The summed E-state index contributed by atoms with van der Waals surface area (Å²) in [6, 6.07) is 9.28. The molecule has 0 spiro atoms. The summed E-state index contributed by atoms with van der Waals surface area (Å²) in [4.78, 5) is 0. The number of benzene rings is 1. The van der Waals surface area contributed by atoms with E-state index in [1.54, 1.807) is 0 Å². The van der Waals surface area contributed by atoms with Crippen molar-refractivity contribution in [2.75, 3.05) is 13.1 Å². The molecule has 102 valence electrons. The summed E-state index contributed by atoms with van der Waals surface area (Å²) in [6.45, 7) is 14.1. The van der Waals surface area contributed by atoms with E-state index in [-0.39, 0.29) is 5.41 Å². The summed E-state index contributed by atoms with van der Waals surface area (Å²) in [5, 5.41) is 6.92. The lowest BCUT2D eigenvalue weighted by molar-refractivity contribution is 0.545. The minimum atomic E-state index is 0.217. The highest BCUT2D eigenvalue weighted by Crippen LogP contribution is 2.25. The van der Waals surface area contributed by atoms with Crippen molar-refractivity contribution in [3.8, 4) is 0 Å². The monoisotopic (exact) mass is 248 g/mol. The highest BCUT2D eigenvalue weighted by atomic mass is 15.0. The van der Waals surface area contributed by atoms with Crippen molar-refractivity contribution in [1.29, 1.82) is 0 Å². The maximum atomic E-state index is 3.51. The Labute approximate surface area is 112 Å². The second-order valence-corrected chi connectivity index (χ2v) is 6.19. The van der Waals surface area contributed by atoms with E-state index >= 15 is 0 Å². The van der Waals surface area contributed by atoms with E-state index in [2.05, 4.69) is 69.5 Å². The molecule has 1 aromatic rings. The van der Waals surface area contributed by atoms with Crippen LogP contribution in [0.2, 0.25) is 0 Å². The van der Waals surface area contributed by atoms with E-state index in [1.807, 2.05) is 0 Å². The van der Waals surface area contributed by atoms with E-state index in [0.717, 1.165) is 19.6 Å². The Morgan fingerprint density at radius 3 is 2.33 bits per heavy atom. The smallest absolute Gasteiger partial charge is 0.0208 e. The van der Waals surface area contributed by atoms with Crippen LogP contribution in [0.25, 0.3) is 0 Å². The van der Waals surface area contributed by atoms with Crippen molar-refractivity contribution in [3.05, 3.63) is 35.4 Å². The molecule has 0 saturated heterocycles. The third-order valence-electron chi connectivity index (χ3n) is 3.00. The van der Waals surface area contributed by atoms with Gasteiger partial charge in [0, 0.05) is 25.7 Å². The van der Waals surface area contributed by atoms with Crippen LogP contribution in [0.1, 0.15) is 45.7 Å². The Kier molecular flexibility index (Phi) is 5.83. The molecule has 2 N–H and O–H groups in total. The van der Waals surface area contributed by atoms with E-state index in [4.69, 9.17) is 0 Å². The molecule has 0 atom stereocenters. The zero-order valence-electron chi connectivity index (χ0n) is 12.5. The van der Waals surface area contributed by atoms with Gasteiger partial charge in [-0.3, -0.25) is 0 Å². The molecular formula is C16H28N2. The maximum Gasteiger partial charge on any atom is 0.0208 e. The SMILES string of the molecule is CC(C)NCCNCc1ccccc1C(C)(C)C. The van der Waals surface area contributed by atoms with Gasteiger partial charge in [0.15, 0.2) is 0 Å². The molecular weight excluding hydrogens is 220 g/mol. The molecule has 0 aliphatic heterocycles. The molecule has 0 aliphatic rings. The Morgan fingerprint density at radius 1 is 1.06 bits per heavy atom. The van der Waals surface area contributed by atoms with Gasteiger partial charge < -0.3 is 10.6 Å². The lowest BCUT2D eigenvalue weighted by Crippen LogP contribution is -2.31. The largest absolute Gasteiger partial charge is 0.313 e. The van der Waals surface area contributed by atoms with Crippen LogP contribution in [0.3, 0.4) is 0 Å². The Hall–Kier alpha value is -0.860. The Bertz CT molecular complexity index is 350. The number of nitrogens with one attached hydrogen (secondary N) is 2. The second kappa shape index (κ2) is 6.91. The molecule has 0 unspecified atom stereocenters. The number of hydrogen-bond acceptors (Lipinski definition) is 2. The summed E-state index contributed by atoms with van der Waals surface area (Å²) < 4.78 is 0. The zero-order valence-corrected chi connectivity index (χ0v) is 12.5. The van der Waals surface area contributed by atoms with Crippen molar-refractivity contribution in [1.82, 2.24) is 10.6 Å². The third-order valence-corrected chi connectivity index (χ3v) is 3.00. The molecule has 0 amide bonds. The first kappa shape index (κ1) is 15.2. The van der Waals surface area contributed by atoms with Gasteiger partial charge >= 0.3 is 0 Å². The third kappa shape index (κ3) is 5.19. The molecule has 1 rings (SSSR count). The van der Waals surface area contributed by atoms with E-state index < -0.39 is 0 Å². The lowest BCUT2D eigenvalue weighted by atomic mass is 9.84. The fourth-order valence-electron chi connectivity index (χ4n) is 2.08. The van der Waals surface area contributed by atoms with Gasteiger partial charge in [-0.05, 0) is 16.5 Å². The lowest BCUT2D eigenvalue weighted by Gasteiger charge is -2.23. The van der Waals surface area contributed by atoms with Crippen molar-refractivity contribution in [2.45, 2.75) is 52.6 Å². The molecule has 0 saturated carbocycles. The Morgan fingerprint density at radius 2 is 1.72 bits per heavy atom. The van der Waals surface area contributed by atoms with Gasteiger partial charge in [-0.25, -0.2) is 0 Å². The van der Waals surface area contributed by atoms with E-state index in [9.17, 15) is 0 Å². The molecule has 2 heteroatoms. The normalized spacial score (nSPS) is 12.1. The quantitative estimate of drug-likeness (QED) is 0.756. The second-order valence-electron chi connectivity index (χ2n) is 6.19. The van der Waals surface area contributed by atoms with Crippen molar-refractivity contribution in [3.63, 3.8) is 0 Å². The minimum absolute atomic E-state index is 0.217. The molecule has 0 aliphatic carbocycles. The Balaban J connectivity index is 2.47. The molecule has 0 aromatic heterocycles.